The maximum absolute atomic E-state index is 13.2. The van der Waals surface area contributed by atoms with Gasteiger partial charge in [0.15, 0.2) is 0 Å². The molecular weight excluding hydrogens is 279 g/mol. The highest BCUT2D eigenvalue weighted by atomic mass is 19.4. The average Bonchev–Trinajstić information content (AvgIpc) is 2.48. The lowest BCUT2D eigenvalue weighted by Gasteiger charge is -2.22. The number of hydrogen-bond acceptors (Lipinski definition) is 3. The molecule has 0 aromatic carbocycles. The number of pyridine rings is 2. The first-order valence-electron chi connectivity index (χ1n) is 6.69. The van der Waals surface area contributed by atoms with Gasteiger partial charge in [-0.25, -0.2) is 0 Å². The molecule has 2 rings (SSSR count). The number of alkyl halides is 3. The van der Waals surface area contributed by atoms with Crippen molar-refractivity contribution in [3.05, 3.63) is 59.7 Å². The molecule has 2 aromatic rings. The van der Waals surface area contributed by atoms with Crippen LogP contribution >= 0.6 is 0 Å². The van der Waals surface area contributed by atoms with E-state index in [1.165, 1.54) is 6.20 Å². The molecule has 3 nitrogen and oxygen atoms in total. The number of hydrogen-bond donors (Lipinski definition) is 1. The van der Waals surface area contributed by atoms with Crippen LogP contribution in [0.4, 0.5) is 13.2 Å². The van der Waals surface area contributed by atoms with Crippen molar-refractivity contribution in [1.29, 1.82) is 0 Å². The molecule has 0 saturated heterocycles. The first-order chi connectivity index (χ1) is 10.0. The van der Waals surface area contributed by atoms with Gasteiger partial charge in [0.2, 0.25) is 0 Å². The van der Waals surface area contributed by atoms with Crippen molar-refractivity contribution in [2.24, 2.45) is 0 Å². The predicted octanol–water partition coefficient (Wildman–Crippen LogP) is 3.58. The largest absolute Gasteiger partial charge is 0.416 e. The number of nitrogens with zero attached hydrogens (tertiary/aromatic N) is 2. The number of rotatable bonds is 5. The summed E-state index contributed by atoms with van der Waals surface area (Å²) >= 11 is 0. The molecule has 2 aromatic heterocycles. The Balaban J connectivity index is 2.47. The van der Waals surface area contributed by atoms with Crippen molar-refractivity contribution >= 4 is 0 Å². The van der Waals surface area contributed by atoms with Crippen molar-refractivity contribution in [1.82, 2.24) is 15.3 Å². The van der Waals surface area contributed by atoms with Gasteiger partial charge in [0.05, 0.1) is 17.3 Å². The zero-order chi connectivity index (χ0) is 15.3. The molecule has 2 heterocycles. The Morgan fingerprint density at radius 3 is 2.62 bits per heavy atom. The third kappa shape index (κ3) is 3.78. The van der Waals surface area contributed by atoms with Gasteiger partial charge in [0.25, 0.3) is 0 Å². The third-order valence-electron chi connectivity index (χ3n) is 3.05. The number of nitrogens with one attached hydrogen (secondary N) is 1. The molecule has 0 spiro atoms. The molecule has 1 atom stereocenters. The minimum atomic E-state index is -4.42. The molecule has 0 radical (unpaired) electrons. The first kappa shape index (κ1) is 15.4. The summed E-state index contributed by atoms with van der Waals surface area (Å²) in [5, 5.41) is 3.11. The molecule has 21 heavy (non-hydrogen) atoms. The monoisotopic (exact) mass is 295 g/mol. The molecule has 0 amide bonds. The van der Waals surface area contributed by atoms with Gasteiger partial charge in [0, 0.05) is 24.2 Å². The smallest absolute Gasteiger partial charge is 0.305 e. The second-order valence-corrected chi connectivity index (χ2v) is 4.60. The van der Waals surface area contributed by atoms with Gasteiger partial charge in [-0.1, -0.05) is 13.0 Å². The molecule has 1 unspecified atom stereocenters. The summed E-state index contributed by atoms with van der Waals surface area (Å²) in [6, 6.07) is 5.57. The Morgan fingerprint density at radius 1 is 1.19 bits per heavy atom. The van der Waals surface area contributed by atoms with Gasteiger partial charge < -0.3 is 5.32 Å². The average molecular weight is 295 g/mol. The molecule has 0 bridgehead atoms. The lowest BCUT2D eigenvalue weighted by molar-refractivity contribution is -0.138. The summed E-state index contributed by atoms with van der Waals surface area (Å²) in [5.41, 5.74) is -0.0432. The molecule has 0 fully saturated rings. The quantitative estimate of drug-likeness (QED) is 0.916. The van der Waals surface area contributed by atoms with E-state index >= 15 is 0 Å². The molecule has 0 saturated carbocycles. The zero-order valence-electron chi connectivity index (χ0n) is 11.6. The van der Waals surface area contributed by atoms with Crippen LogP contribution in [0.25, 0.3) is 0 Å². The normalized spacial score (nSPS) is 13.1. The van der Waals surface area contributed by atoms with Crippen LogP contribution in [0.15, 0.2) is 42.9 Å². The minimum absolute atomic E-state index is 0.0946. The lowest BCUT2D eigenvalue weighted by atomic mass is 9.99. The van der Waals surface area contributed by atoms with Gasteiger partial charge in [-0.05, 0) is 31.2 Å². The zero-order valence-corrected chi connectivity index (χ0v) is 11.6. The first-order valence-corrected chi connectivity index (χ1v) is 6.69. The predicted molar refractivity (Wildman–Crippen MR) is 73.6 cm³/mol. The molecule has 0 aliphatic rings. The van der Waals surface area contributed by atoms with Crippen molar-refractivity contribution in [2.45, 2.75) is 25.6 Å². The van der Waals surface area contributed by atoms with Crippen molar-refractivity contribution in [3.63, 3.8) is 0 Å². The highest BCUT2D eigenvalue weighted by molar-refractivity contribution is 5.34. The summed E-state index contributed by atoms with van der Waals surface area (Å²) in [6.07, 6.45) is 0.371. The Labute approximate surface area is 121 Å². The van der Waals surface area contributed by atoms with Crippen molar-refractivity contribution < 1.29 is 13.2 Å². The van der Waals surface area contributed by atoms with Crippen LogP contribution < -0.4 is 5.32 Å². The molecular formula is C15H16F3N3. The van der Waals surface area contributed by atoms with E-state index in [1.54, 1.807) is 24.4 Å². The van der Waals surface area contributed by atoms with E-state index in [9.17, 15) is 13.2 Å². The van der Waals surface area contributed by atoms with E-state index in [-0.39, 0.29) is 5.56 Å². The highest BCUT2D eigenvalue weighted by Crippen LogP contribution is 2.35. The number of aromatic nitrogens is 2. The Bertz CT molecular complexity index is 570. The topological polar surface area (TPSA) is 37.8 Å². The van der Waals surface area contributed by atoms with E-state index in [0.29, 0.717) is 12.2 Å². The SMILES string of the molecule is CCCNC(c1ccccn1)c1cnccc1C(F)(F)F. The number of halogens is 3. The maximum Gasteiger partial charge on any atom is 0.416 e. The van der Waals surface area contributed by atoms with Crippen LogP contribution in [0, 0.1) is 0 Å². The second-order valence-electron chi connectivity index (χ2n) is 4.60. The molecule has 0 aliphatic heterocycles. The third-order valence-corrected chi connectivity index (χ3v) is 3.05. The minimum Gasteiger partial charge on any atom is -0.305 e. The van der Waals surface area contributed by atoms with E-state index in [2.05, 4.69) is 15.3 Å². The lowest BCUT2D eigenvalue weighted by Crippen LogP contribution is -2.26. The highest BCUT2D eigenvalue weighted by Gasteiger charge is 2.35. The van der Waals surface area contributed by atoms with Gasteiger partial charge in [-0.3, -0.25) is 9.97 Å². The second kappa shape index (κ2) is 6.67. The fourth-order valence-electron chi connectivity index (χ4n) is 2.10. The fourth-order valence-corrected chi connectivity index (χ4v) is 2.10. The summed E-state index contributed by atoms with van der Waals surface area (Å²) in [7, 11) is 0. The van der Waals surface area contributed by atoms with E-state index in [1.807, 2.05) is 6.92 Å². The van der Waals surface area contributed by atoms with Crippen LogP contribution in [0.1, 0.15) is 36.2 Å². The molecule has 1 N–H and O–H groups in total. The van der Waals surface area contributed by atoms with Gasteiger partial charge in [0.1, 0.15) is 0 Å². The van der Waals surface area contributed by atoms with Crippen LogP contribution in [-0.2, 0) is 6.18 Å². The molecule has 6 heteroatoms. The van der Waals surface area contributed by atoms with Crippen molar-refractivity contribution in [2.75, 3.05) is 6.54 Å². The van der Waals surface area contributed by atoms with Gasteiger partial charge >= 0.3 is 6.18 Å². The van der Waals surface area contributed by atoms with Crippen LogP contribution in [0.3, 0.4) is 0 Å². The fraction of sp³-hybridized carbons (Fsp3) is 0.333. The van der Waals surface area contributed by atoms with Crippen LogP contribution in [0.2, 0.25) is 0 Å². The van der Waals surface area contributed by atoms with E-state index < -0.39 is 17.8 Å². The van der Waals surface area contributed by atoms with Crippen LogP contribution in [-0.4, -0.2) is 16.5 Å². The maximum atomic E-state index is 13.2. The Hall–Kier alpha value is -1.95. The summed E-state index contributed by atoms with van der Waals surface area (Å²) < 4.78 is 39.5. The molecule has 112 valence electrons. The summed E-state index contributed by atoms with van der Waals surface area (Å²) in [6.45, 7) is 2.55. The van der Waals surface area contributed by atoms with Gasteiger partial charge in [-0.15, -0.1) is 0 Å². The summed E-state index contributed by atoms with van der Waals surface area (Å²) in [5.74, 6) is 0. The standard InChI is InChI=1S/C15H16F3N3/c1-2-7-21-14(13-5-3-4-8-20-13)11-10-19-9-6-12(11)15(16,17)18/h3-6,8-10,14,21H,2,7H2,1H3. The van der Waals surface area contributed by atoms with Gasteiger partial charge in [-0.2, -0.15) is 13.2 Å². The Kier molecular flexibility index (Phi) is 4.90. The molecule has 0 aliphatic carbocycles. The Morgan fingerprint density at radius 2 is 2.00 bits per heavy atom. The van der Waals surface area contributed by atoms with E-state index in [4.69, 9.17) is 0 Å². The van der Waals surface area contributed by atoms with E-state index in [0.717, 1.165) is 18.7 Å². The van der Waals surface area contributed by atoms with Crippen molar-refractivity contribution in [3.8, 4) is 0 Å². The summed E-state index contributed by atoms with van der Waals surface area (Å²) in [4.78, 5) is 8.02. The van der Waals surface area contributed by atoms with Crippen LogP contribution in [0.5, 0.6) is 0 Å².